The average Bonchev–Trinajstić information content (AvgIpc) is 2.75. The van der Waals surface area contributed by atoms with Crippen molar-refractivity contribution in [3.8, 4) is 0 Å². The Kier molecular flexibility index (Phi) is 5.31. The number of allylic oxidation sites excluding steroid dienone is 2. The molecule has 5 heteroatoms. The summed E-state index contributed by atoms with van der Waals surface area (Å²) in [6, 6.07) is 0. The molecule has 22 heavy (non-hydrogen) atoms. The van der Waals surface area contributed by atoms with Crippen LogP contribution in [0.4, 0.5) is 0 Å². The normalized spacial score (nSPS) is 30.2. The molecule has 2 rings (SSSR count). The Bertz CT molecular complexity index is 555. The van der Waals surface area contributed by atoms with Crippen LogP contribution >= 0.6 is 0 Å². The summed E-state index contributed by atoms with van der Waals surface area (Å²) in [7, 11) is 0. The standard InChI is InChI=1S/C17H20O5/c1-11-15-7-6-13(9-18)4-3-5-14(10-21-12(2)19)8-16(15)22-17(11)20/h4,8-9,15-16H,1,3,5-7,10H2,2H3/b13-4-,14-8-/t15-,16+/m0/s1. The maximum absolute atomic E-state index is 11.7. The Balaban J connectivity index is 2.23. The van der Waals surface area contributed by atoms with Crippen LogP contribution in [0.1, 0.15) is 32.6 Å². The third-order valence-electron chi connectivity index (χ3n) is 3.98. The number of ether oxygens (including phenoxy) is 2. The first-order valence-corrected chi connectivity index (χ1v) is 7.38. The summed E-state index contributed by atoms with van der Waals surface area (Å²) in [5, 5.41) is 0. The Labute approximate surface area is 129 Å². The van der Waals surface area contributed by atoms with Gasteiger partial charge in [0.15, 0.2) is 0 Å². The van der Waals surface area contributed by atoms with Crippen LogP contribution in [-0.2, 0) is 23.9 Å². The Morgan fingerprint density at radius 3 is 2.95 bits per heavy atom. The molecule has 0 N–H and O–H groups in total. The summed E-state index contributed by atoms with van der Waals surface area (Å²) < 4.78 is 10.4. The van der Waals surface area contributed by atoms with Gasteiger partial charge in [-0.25, -0.2) is 4.79 Å². The fourth-order valence-electron chi connectivity index (χ4n) is 2.72. The summed E-state index contributed by atoms with van der Waals surface area (Å²) in [6.45, 7) is 5.33. The molecular weight excluding hydrogens is 284 g/mol. The Morgan fingerprint density at radius 1 is 1.50 bits per heavy atom. The molecule has 1 aliphatic carbocycles. The number of carbonyl (C=O) groups excluding carboxylic acids is 3. The van der Waals surface area contributed by atoms with Crippen molar-refractivity contribution in [1.82, 2.24) is 0 Å². The number of aldehydes is 1. The third-order valence-corrected chi connectivity index (χ3v) is 3.98. The van der Waals surface area contributed by atoms with E-state index in [1.54, 1.807) is 0 Å². The molecule has 0 radical (unpaired) electrons. The van der Waals surface area contributed by atoms with E-state index in [0.29, 0.717) is 31.3 Å². The molecule has 5 nitrogen and oxygen atoms in total. The van der Waals surface area contributed by atoms with Gasteiger partial charge in [0.05, 0.1) is 0 Å². The van der Waals surface area contributed by atoms with Crippen LogP contribution in [0.5, 0.6) is 0 Å². The summed E-state index contributed by atoms with van der Waals surface area (Å²) in [4.78, 5) is 33.8. The highest BCUT2D eigenvalue weighted by Crippen LogP contribution is 2.34. The van der Waals surface area contributed by atoms with Crippen molar-refractivity contribution in [3.05, 3.63) is 35.5 Å². The van der Waals surface area contributed by atoms with Crippen LogP contribution in [-0.4, -0.2) is 30.9 Å². The second-order valence-electron chi connectivity index (χ2n) is 5.58. The van der Waals surface area contributed by atoms with Gasteiger partial charge in [0, 0.05) is 18.4 Å². The van der Waals surface area contributed by atoms with Crippen LogP contribution in [0.2, 0.25) is 0 Å². The van der Waals surface area contributed by atoms with E-state index < -0.39 is 12.1 Å². The van der Waals surface area contributed by atoms with E-state index >= 15 is 0 Å². The van der Waals surface area contributed by atoms with Crippen molar-refractivity contribution in [2.75, 3.05) is 6.61 Å². The van der Waals surface area contributed by atoms with Gasteiger partial charge >= 0.3 is 11.9 Å². The molecule has 0 aromatic carbocycles. The fourth-order valence-corrected chi connectivity index (χ4v) is 2.72. The number of carbonyl (C=O) groups is 3. The van der Waals surface area contributed by atoms with Gasteiger partial charge in [-0.1, -0.05) is 12.7 Å². The summed E-state index contributed by atoms with van der Waals surface area (Å²) in [6.07, 6.45) is 6.80. The highest BCUT2D eigenvalue weighted by atomic mass is 16.6. The van der Waals surface area contributed by atoms with Crippen LogP contribution in [0.15, 0.2) is 35.5 Å². The Hall–Kier alpha value is -2.17. The second kappa shape index (κ2) is 7.20. The van der Waals surface area contributed by atoms with Crippen LogP contribution in [0.25, 0.3) is 0 Å². The van der Waals surface area contributed by atoms with Crippen LogP contribution in [0.3, 0.4) is 0 Å². The van der Waals surface area contributed by atoms with E-state index in [-0.39, 0.29) is 18.5 Å². The summed E-state index contributed by atoms with van der Waals surface area (Å²) in [5.41, 5.74) is 2.05. The Morgan fingerprint density at radius 2 is 2.27 bits per heavy atom. The summed E-state index contributed by atoms with van der Waals surface area (Å²) in [5.74, 6) is -0.887. The zero-order chi connectivity index (χ0) is 16.1. The molecule has 1 saturated heterocycles. The van der Waals surface area contributed by atoms with Crippen LogP contribution < -0.4 is 0 Å². The van der Waals surface area contributed by atoms with E-state index in [1.807, 2.05) is 12.2 Å². The lowest BCUT2D eigenvalue weighted by Crippen LogP contribution is -2.17. The molecule has 0 spiro atoms. The lowest BCUT2D eigenvalue weighted by Gasteiger charge is -2.18. The molecule has 0 unspecified atom stereocenters. The summed E-state index contributed by atoms with van der Waals surface area (Å²) >= 11 is 0. The van der Waals surface area contributed by atoms with Gasteiger partial charge < -0.3 is 9.47 Å². The minimum absolute atomic E-state index is 0.138. The number of hydrogen-bond acceptors (Lipinski definition) is 5. The molecule has 0 saturated carbocycles. The van der Waals surface area contributed by atoms with Crippen molar-refractivity contribution in [1.29, 1.82) is 0 Å². The first-order valence-electron chi connectivity index (χ1n) is 7.38. The highest BCUT2D eigenvalue weighted by Gasteiger charge is 2.37. The van der Waals surface area contributed by atoms with Gasteiger partial charge in [0.2, 0.25) is 0 Å². The molecular formula is C17H20O5. The van der Waals surface area contributed by atoms with Crippen LogP contribution in [0, 0.1) is 5.92 Å². The molecule has 0 aromatic rings. The van der Waals surface area contributed by atoms with Crippen molar-refractivity contribution in [3.63, 3.8) is 0 Å². The zero-order valence-corrected chi connectivity index (χ0v) is 12.7. The van der Waals surface area contributed by atoms with E-state index in [9.17, 15) is 14.4 Å². The fraction of sp³-hybridized carbons (Fsp3) is 0.471. The molecule has 0 aromatic heterocycles. The number of hydrogen-bond donors (Lipinski definition) is 0. The first kappa shape index (κ1) is 16.2. The van der Waals surface area contributed by atoms with Gasteiger partial charge in [-0.15, -0.1) is 0 Å². The maximum Gasteiger partial charge on any atom is 0.334 e. The van der Waals surface area contributed by atoms with Crippen molar-refractivity contribution < 1.29 is 23.9 Å². The third kappa shape index (κ3) is 3.93. The molecule has 1 aliphatic heterocycles. The van der Waals surface area contributed by atoms with Crippen molar-refractivity contribution >= 4 is 18.2 Å². The monoisotopic (exact) mass is 304 g/mol. The van der Waals surface area contributed by atoms with Gasteiger partial charge in [-0.2, -0.15) is 0 Å². The number of rotatable bonds is 3. The molecule has 1 heterocycles. The second-order valence-corrected chi connectivity index (χ2v) is 5.58. The van der Waals surface area contributed by atoms with E-state index in [1.165, 1.54) is 6.92 Å². The van der Waals surface area contributed by atoms with E-state index in [2.05, 4.69) is 6.58 Å². The maximum atomic E-state index is 11.7. The molecule has 1 fully saturated rings. The average molecular weight is 304 g/mol. The van der Waals surface area contributed by atoms with Crippen molar-refractivity contribution in [2.24, 2.45) is 5.92 Å². The van der Waals surface area contributed by atoms with Gasteiger partial charge in [0.25, 0.3) is 0 Å². The first-order chi connectivity index (χ1) is 10.5. The van der Waals surface area contributed by atoms with Gasteiger partial charge in [0.1, 0.15) is 19.0 Å². The predicted octanol–water partition coefficient (Wildman–Crippen LogP) is 2.27. The minimum Gasteiger partial charge on any atom is -0.461 e. The largest absolute Gasteiger partial charge is 0.461 e. The molecule has 2 atom stereocenters. The van der Waals surface area contributed by atoms with Gasteiger partial charge in [-0.3, -0.25) is 9.59 Å². The van der Waals surface area contributed by atoms with Gasteiger partial charge in [-0.05, 0) is 42.9 Å². The topological polar surface area (TPSA) is 69.7 Å². The lowest BCUT2D eigenvalue weighted by molar-refractivity contribution is -0.140. The number of fused-ring (bicyclic) bond motifs is 1. The molecule has 118 valence electrons. The van der Waals surface area contributed by atoms with Crippen molar-refractivity contribution in [2.45, 2.75) is 38.7 Å². The lowest BCUT2D eigenvalue weighted by atomic mass is 9.88. The predicted molar refractivity (Wildman–Crippen MR) is 79.8 cm³/mol. The minimum atomic E-state index is -0.394. The quantitative estimate of drug-likeness (QED) is 0.346. The molecule has 0 bridgehead atoms. The van der Waals surface area contributed by atoms with E-state index in [4.69, 9.17) is 9.47 Å². The SMILES string of the molecule is C=C1C(=O)O[C@@H]2/C=C(\COC(C)=O)CC/C=C(\C=O)CC[C@@H]12. The number of esters is 2. The highest BCUT2D eigenvalue weighted by molar-refractivity contribution is 5.91. The van der Waals surface area contributed by atoms with E-state index in [0.717, 1.165) is 17.4 Å². The molecule has 0 amide bonds. The zero-order valence-electron chi connectivity index (χ0n) is 12.7. The molecule has 2 aliphatic rings. The smallest absolute Gasteiger partial charge is 0.334 e.